The Labute approximate surface area is 117 Å². The molecule has 1 aliphatic heterocycles. The first kappa shape index (κ1) is 13.0. The number of nitrogens with zero attached hydrogens (tertiary/aromatic N) is 1. The van der Waals surface area contributed by atoms with Crippen LogP contribution in [0.2, 0.25) is 0 Å². The number of hydrogen-bond donors (Lipinski definition) is 1. The maximum Gasteiger partial charge on any atom is 0.0402 e. The fourth-order valence-electron chi connectivity index (χ4n) is 3.81. The van der Waals surface area contributed by atoms with E-state index in [1.54, 1.807) is 0 Å². The number of para-hydroxylation sites is 1. The third-order valence-corrected chi connectivity index (χ3v) is 5.23. The Bertz CT molecular complexity index is 443. The minimum absolute atomic E-state index is 0.296. The van der Waals surface area contributed by atoms with Crippen molar-refractivity contribution in [2.45, 2.75) is 51.6 Å². The topological polar surface area (TPSA) is 29.3 Å². The van der Waals surface area contributed by atoms with Crippen molar-refractivity contribution in [3.05, 3.63) is 29.8 Å². The molecule has 1 aliphatic carbocycles. The van der Waals surface area contributed by atoms with Crippen molar-refractivity contribution in [1.29, 1.82) is 0 Å². The van der Waals surface area contributed by atoms with Crippen molar-refractivity contribution in [3.8, 4) is 0 Å². The Morgan fingerprint density at radius 1 is 1.11 bits per heavy atom. The van der Waals surface area contributed by atoms with Gasteiger partial charge in [0.05, 0.1) is 0 Å². The van der Waals surface area contributed by atoms with E-state index in [9.17, 15) is 0 Å². The molecule has 2 aliphatic rings. The highest BCUT2D eigenvalue weighted by Gasteiger charge is 2.32. The third kappa shape index (κ3) is 2.51. The molecule has 1 heterocycles. The predicted octanol–water partition coefficient (Wildman–Crippen LogP) is 3.20. The van der Waals surface area contributed by atoms with Crippen molar-refractivity contribution in [2.24, 2.45) is 17.6 Å². The van der Waals surface area contributed by atoms with Crippen molar-refractivity contribution in [2.75, 3.05) is 11.4 Å². The Morgan fingerprint density at radius 3 is 2.68 bits per heavy atom. The van der Waals surface area contributed by atoms with Crippen LogP contribution in [0.25, 0.3) is 0 Å². The zero-order valence-electron chi connectivity index (χ0n) is 12.2. The minimum atomic E-state index is 0.296. The highest BCUT2D eigenvalue weighted by molar-refractivity contribution is 5.57. The van der Waals surface area contributed by atoms with Gasteiger partial charge in [0.15, 0.2) is 0 Å². The monoisotopic (exact) mass is 258 g/mol. The van der Waals surface area contributed by atoms with Crippen LogP contribution in [0.15, 0.2) is 24.3 Å². The molecule has 0 radical (unpaired) electrons. The molecule has 0 saturated heterocycles. The first-order valence-corrected chi connectivity index (χ1v) is 7.75. The van der Waals surface area contributed by atoms with E-state index in [4.69, 9.17) is 5.73 Å². The van der Waals surface area contributed by atoms with Crippen molar-refractivity contribution in [3.63, 3.8) is 0 Å². The third-order valence-electron chi connectivity index (χ3n) is 5.23. The predicted molar refractivity (Wildman–Crippen MR) is 81.4 cm³/mol. The van der Waals surface area contributed by atoms with Crippen LogP contribution in [-0.2, 0) is 6.42 Å². The van der Waals surface area contributed by atoms with Gasteiger partial charge in [-0.15, -0.1) is 0 Å². The van der Waals surface area contributed by atoms with E-state index in [0.29, 0.717) is 12.1 Å². The highest BCUT2D eigenvalue weighted by atomic mass is 15.2. The van der Waals surface area contributed by atoms with Gasteiger partial charge in [-0.25, -0.2) is 0 Å². The van der Waals surface area contributed by atoms with Crippen LogP contribution in [0.4, 0.5) is 5.69 Å². The molecule has 2 N–H and O–H groups in total. The Kier molecular flexibility index (Phi) is 3.53. The lowest BCUT2D eigenvalue weighted by atomic mass is 9.78. The lowest BCUT2D eigenvalue weighted by molar-refractivity contribution is 0.241. The van der Waals surface area contributed by atoms with Crippen LogP contribution in [0.1, 0.15) is 38.7 Å². The molecule has 1 aromatic carbocycles. The average Bonchev–Trinajstić information content (AvgIpc) is 2.41. The molecule has 4 unspecified atom stereocenters. The first-order chi connectivity index (χ1) is 9.15. The molecule has 2 nitrogen and oxygen atoms in total. The van der Waals surface area contributed by atoms with E-state index in [1.165, 1.54) is 30.5 Å². The van der Waals surface area contributed by atoms with E-state index in [0.717, 1.165) is 24.8 Å². The molecular formula is C17H26N2. The number of hydrogen-bond acceptors (Lipinski definition) is 2. The molecule has 0 bridgehead atoms. The van der Waals surface area contributed by atoms with Gasteiger partial charge in [0.2, 0.25) is 0 Å². The Hall–Kier alpha value is -1.02. The van der Waals surface area contributed by atoms with Crippen molar-refractivity contribution >= 4 is 5.69 Å². The Balaban J connectivity index is 1.85. The van der Waals surface area contributed by atoms with Crippen molar-refractivity contribution < 1.29 is 0 Å². The molecule has 0 aromatic heterocycles. The van der Waals surface area contributed by atoms with Gasteiger partial charge in [-0.05, 0) is 49.1 Å². The van der Waals surface area contributed by atoms with Crippen molar-refractivity contribution in [1.82, 2.24) is 0 Å². The summed E-state index contributed by atoms with van der Waals surface area (Å²) < 4.78 is 0. The maximum atomic E-state index is 6.27. The lowest BCUT2D eigenvalue weighted by Crippen LogP contribution is -2.50. The van der Waals surface area contributed by atoms with Crippen LogP contribution in [0.3, 0.4) is 0 Å². The van der Waals surface area contributed by atoms with E-state index < -0.39 is 0 Å². The zero-order valence-corrected chi connectivity index (χ0v) is 12.2. The van der Waals surface area contributed by atoms with Crippen LogP contribution in [-0.4, -0.2) is 18.6 Å². The second-order valence-corrected chi connectivity index (χ2v) is 6.67. The standard InChI is InChI=1S/C17H26N2/c1-12-7-8-16(9-13(12)2)19-11-15(18)10-14-5-3-4-6-17(14)19/h3-6,12-13,15-16H,7-11,18H2,1-2H3. The molecule has 1 saturated carbocycles. The fraction of sp³-hybridized carbons (Fsp3) is 0.647. The number of rotatable bonds is 1. The number of fused-ring (bicyclic) bond motifs is 1. The van der Waals surface area contributed by atoms with Gasteiger partial charge < -0.3 is 10.6 Å². The second kappa shape index (κ2) is 5.16. The summed E-state index contributed by atoms with van der Waals surface area (Å²) in [6, 6.07) is 9.82. The summed E-state index contributed by atoms with van der Waals surface area (Å²) in [7, 11) is 0. The highest BCUT2D eigenvalue weighted by Crippen LogP contribution is 2.37. The second-order valence-electron chi connectivity index (χ2n) is 6.67. The van der Waals surface area contributed by atoms with Gasteiger partial charge in [0, 0.05) is 24.3 Å². The first-order valence-electron chi connectivity index (χ1n) is 7.75. The summed E-state index contributed by atoms with van der Waals surface area (Å²) in [5.41, 5.74) is 9.15. The largest absolute Gasteiger partial charge is 0.367 e. The van der Waals surface area contributed by atoms with E-state index >= 15 is 0 Å². The zero-order chi connectivity index (χ0) is 13.4. The van der Waals surface area contributed by atoms with Gasteiger partial charge in [-0.3, -0.25) is 0 Å². The molecule has 4 atom stereocenters. The summed E-state index contributed by atoms with van der Waals surface area (Å²) >= 11 is 0. The molecule has 0 spiro atoms. The van der Waals surface area contributed by atoms with E-state index in [-0.39, 0.29) is 0 Å². The minimum Gasteiger partial charge on any atom is -0.367 e. The molecule has 1 aromatic rings. The van der Waals surface area contributed by atoms with Gasteiger partial charge >= 0.3 is 0 Å². The quantitative estimate of drug-likeness (QED) is 0.838. The summed E-state index contributed by atoms with van der Waals surface area (Å²) in [5, 5.41) is 0. The van der Waals surface area contributed by atoms with Crippen LogP contribution in [0, 0.1) is 11.8 Å². The fourth-order valence-corrected chi connectivity index (χ4v) is 3.81. The molecule has 1 fully saturated rings. The summed E-state index contributed by atoms with van der Waals surface area (Å²) in [5.74, 6) is 1.72. The number of benzene rings is 1. The summed E-state index contributed by atoms with van der Waals surface area (Å²) in [6.45, 7) is 5.84. The Morgan fingerprint density at radius 2 is 1.89 bits per heavy atom. The molecule has 2 heteroatoms. The van der Waals surface area contributed by atoms with Crippen LogP contribution < -0.4 is 10.6 Å². The SMILES string of the molecule is CC1CCC(N2CC(N)Cc3ccccc32)CC1C. The molecule has 104 valence electrons. The normalized spacial score (nSPS) is 35.0. The number of anilines is 1. The van der Waals surface area contributed by atoms with Crippen LogP contribution in [0.5, 0.6) is 0 Å². The molecular weight excluding hydrogens is 232 g/mol. The maximum absolute atomic E-state index is 6.27. The van der Waals surface area contributed by atoms with Gasteiger partial charge in [-0.1, -0.05) is 32.0 Å². The summed E-state index contributed by atoms with van der Waals surface area (Å²) in [4.78, 5) is 2.60. The van der Waals surface area contributed by atoms with E-state index in [1.807, 2.05) is 0 Å². The van der Waals surface area contributed by atoms with Crippen LogP contribution >= 0.6 is 0 Å². The van der Waals surface area contributed by atoms with E-state index in [2.05, 4.69) is 43.0 Å². The summed E-state index contributed by atoms with van der Waals surface area (Å²) in [6.07, 6.45) is 5.04. The van der Waals surface area contributed by atoms with Gasteiger partial charge in [0.1, 0.15) is 0 Å². The van der Waals surface area contributed by atoms with Gasteiger partial charge in [-0.2, -0.15) is 0 Å². The number of nitrogens with two attached hydrogens (primary N) is 1. The molecule has 3 rings (SSSR count). The lowest BCUT2D eigenvalue weighted by Gasteiger charge is -2.44. The smallest absolute Gasteiger partial charge is 0.0402 e. The molecule has 19 heavy (non-hydrogen) atoms. The van der Waals surface area contributed by atoms with Gasteiger partial charge in [0.25, 0.3) is 0 Å². The average molecular weight is 258 g/mol. The molecule has 0 amide bonds.